The molecule has 0 aliphatic carbocycles. The van der Waals surface area contributed by atoms with Gasteiger partial charge in [-0.1, -0.05) is 5.21 Å². The molecule has 8 heteroatoms. The Morgan fingerprint density at radius 3 is 2.82 bits per heavy atom. The van der Waals surface area contributed by atoms with Crippen molar-refractivity contribution in [2.24, 2.45) is 0 Å². The van der Waals surface area contributed by atoms with Gasteiger partial charge in [-0.25, -0.2) is 8.78 Å². The molecule has 6 nitrogen and oxygen atoms in total. The first kappa shape index (κ1) is 11.1. The number of nitrogens with one attached hydrogen (secondary N) is 2. The van der Waals surface area contributed by atoms with Crippen molar-refractivity contribution in [1.29, 1.82) is 0 Å². The van der Waals surface area contributed by atoms with Gasteiger partial charge in [0.25, 0.3) is 0 Å². The fraction of sp³-hybridized carbons (Fsp3) is 0.111. The minimum absolute atomic E-state index is 0.102. The normalized spacial score (nSPS) is 10.2. The topological polar surface area (TPSA) is 83.6 Å². The Balaban J connectivity index is 2.00. The maximum absolute atomic E-state index is 12.8. The Kier molecular flexibility index (Phi) is 3.03. The minimum atomic E-state index is -1.03. The van der Waals surface area contributed by atoms with Gasteiger partial charge in [-0.15, -0.1) is 10.2 Å². The van der Waals surface area contributed by atoms with Crippen LogP contribution in [-0.4, -0.2) is 26.5 Å². The maximum atomic E-state index is 12.8. The van der Waals surface area contributed by atoms with Crippen molar-refractivity contribution in [3.8, 4) is 0 Å². The summed E-state index contributed by atoms with van der Waals surface area (Å²) < 4.78 is 25.5. The second-order valence-electron chi connectivity index (χ2n) is 3.18. The zero-order valence-corrected chi connectivity index (χ0v) is 8.44. The van der Waals surface area contributed by atoms with Gasteiger partial charge in [0.2, 0.25) is 5.91 Å². The Morgan fingerprint density at radius 2 is 2.18 bits per heavy atom. The van der Waals surface area contributed by atoms with Crippen LogP contribution in [0.3, 0.4) is 0 Å². The van der Waals surface area contributed by atoms with Crippen LogP contribution in [0.15, 0.2) is 18.2 Å². The van der Waals surface area contributed by atoms with Crippen LogP contribution in [0.2, 0.25) is 0 Å². The van der Waals surface area contributed by atoms with Crippen LogP contribution in [0.25, 0.3) is 0 Å². The molecule has 2 aromatic rings. The zero-order valence-electron chi connectivity index (χ0n) is 8.44. The summed E-state index contributed by atoms with van der Waals surface area (Å²) in [5, 5.41) is 15.0. The molecule has 1 aromatic carbocycles. The van der Waals surface area contributed by atoms with Crippen molar-refractivity contribution >= 4 is 11.6 Å². The molecule has 0 bridgehead atoms. The Morgan fingerprint density at radius 1 is 1.35 bits per heavy atom. The minimum Gasteiger partial charge on any atom is -0.326 e. The SMILES string of the molecule is O=C(Cc1nn[nH]n1)Nc1ccc(F)c(F)c1. The lowest BCUT2D eigenvalue weighted by Gasteiger charge is -2.03. The van der Waals surface area contributed by atoms with Gasteiger partial charge in [-0.05, 0) is 12.1 Å². The smallest absolute Gasteiger partial charge is 0.232 e. The summed E-state index contributed by atoms with van der Waals surface area (Å²) in [6, 6.07) is 3.08. The number of nitrogens with zero attached hydrogens (tertiary/aromatic N) is 3. The molecule has 17 heavy (non-hydrogen) atoms. The van der Waals surface area contributed by atoms with Crippen LogP contribution in [0, 0.1) is 11.6 Å². The van der Waals surface area contributed by atoms with Gasteiger partial charge in [0.05, 0.1) is 6.42 Å². The number of carbonyl (C=O) groups excluding carboxylic acids is 1. The van der Waals surface area contributed by atoms with E-state index in [0.29, 0.717) is 0 Å². The molecule has 1 amide bonds. The van der Waals surface area contributed by atoms with Gasteiger partial charge < -0.3 is 5.32 Å². The maximum Gasteiger partial charge on any atom is 0.232 e. The molecule has 1 heterocycles. The van der Waals surface area contributed by atoms with Crippen LogP contribution >= 0.6 is 0 Å². The van der Waals surface area contributed by atoms with Crippen molar-refractivity contribution in [2.75, 3.05) is 5.32 Å². The number of halogens is 2. The van der Waals surface area contributed by atoms with Gasteiger partial charge >= 0.3 is 0 Å². The summed E-state index contributed by atoms with van der Waals surface area (Å²) in [6.45, 7) is 0. The summed E-state index contributed by atoms with van der Waals surface area (Å²) in [5.41, 5.74) is 0.164. The second kappa shape index (κ2) is 4.64. The molecule has 0 aliphatic heterocycles. The third kappa shape index (κ3) is 2.80. The van der Waals surface area contributed by atoms with E-state index in [0.717, 1.165) is 12.1 Å². The molecule has 0 atom stereocenters. The van der Waals surface area contributed by atoms with Crippen LogP contribution in [0.1, 0.15) is 5.82 Å². The summed E-state index contributed by atoms with van der Waals surface area (Å²) in [7, 11) is 0. The average molecular weight is 239 g/mol. The number of hydrogen-bond acceptors (Lipinski definition) is 4. The standard InChI is InChI=1S/C9H7F2N5O/c10-6-2-1-5(3-7(6)11)12-9(17)4-8-13-15-16-14-8/h1-3H,4H2,(H,12,17)(H,13,14,15,16). The average Bonchev–Trinajstić information content (AvgIpc) is 2.76. The van der Waals surface area contributed by atoms with Gasteiger partial charge in [-0.2, -0.15) is 5.21 Å². The van der Waals surface area contributed by atoms with E-state index in [1.54, 1.807) is 0 Å². The predicted molar refractivity (Wildman–Crippen MR) is 52.9 cm³/mol. The number of carbonyl (C=O) groups is 1. The molecular weight excluding hydrogens is 232 g/mol. The molecule has 2 rings (SSSR count). The van der Waals surface area contributed by atoms with Crippen molar-refractivity contribution in [3.63, 3.8) is 0 Å². The van der Waals surface area contributed by atoms with Gasteiger partial charge in [-0.3, -0.25) is 4.79 Å². The summed E-state index contributed by atoms with van der Waals surface area (Å²) in [4.78, 5) is 11.4. The molecule has 0 radical (unpaired) electrons. The van der Waals surface area contributed by atoms with E-state index in [1.807, 2.05) is 0 Å². The monoisotopic (exact) mass is 239 g/mol. The van der Waals surface area contributed by atoms with E-state index in [-0.39, 0.29) is 17.9 Å². The molecule has 1 aromatic heterocycles. The molecular formula is C9H7F2N5O. The molecule has 0 saturated heterocycles. The van der Waals surface area contributed by atoms with Crippen LogP contribution in [0.4, 0.5) is 14.5 Å². The first-order chi connectivity index (χ1) is 8.15. The highest BCUT2D eigenvalue weighted by atomic mass is 19.2. The van der Waals surface area contributed by atoms with Crippen molar-refractivity contribution in [2.45, 2.75) is 6.42 Å². The first-order valence-corrected chi connectivity index (χ1v) is 4.62. The van der Waals surface area contributed by atoms with Gasteiger partial charge in [0.15, 0.2) is 17.5 Å². The fourth-order valence-corrected chi connectivity index (χ4v) is 1.18. The number of H-pyrrole nitrogens is 1. The van der Waals surface area contributed by atoms with Crippen molar-refractivity contribution < 1.29 is 13.6 Å². The number of tetrazole rings is 1. The van der Waals surface area contributed by atoms with Crippen LogP contribution in [-0.2, 0) is 11.2 Å². The van der Waals surface area contributed by atoms with E-state index in [1.165, 1.54) is 6.07 Å². The molecule has 0 unspecified atom stereocenters. The lowest BCUT2D eigenvalue weighted by molar-refractivity contribution is -0.115. The molecule has 0 saturated carbocycles. The lowest BCUT2D eigenvalue weighted by atomic mass is 10.3. The van der Waals surface area contributed by atoms with Crippen molar-refractivity contribution in [3.05, 3.63) is 35.7 Å². The number of amides is 1. The Labute approximate surface area is 94.0 Å². The largest absolute Gasteiger partial charge is 0.326 e. The number of rotatable bonds is 3. The van der Waals surface area contributed by atoms with Crippen LogP contribution < -0.4 is 5.32 Å². The van der Waals surface area contributed by atoms with Crippen molar-refractivity contribution in [1.82, 2.24) is 20.6 Å². The highest BCUT2D eigenvalue weighted by molar-refractivity contribution is 5.91. The number of hydrogen-bond donors (Lipinski definition) is 2. The summed E-state index contributed by atoms with van der Waals surface area (Å²) >= 11 is 0. The molecule has 2 N–H and O–H groups in total. The number of aromatic amines is 1. The fourth-order valence-electron chi connectivity index (χ4n) is 1.18. The molecule has 88 valence electrons. The lowest BCUT2D eigenvalue weighted by Crippen LogP contribution is -2.15. The second-order valence-corrected chi connectivity index (χ2v) is 3.18. The number of aromatic nitrogens is 4. The highest BCUT2D eigenvalue weighted by Crippen LogP contribution is 2.13. The zero-order chi connectivity index (χ0) is 12.3. The third-order valence-electron chi connectivity index (χ3n) is 1.91. The Bertz CT molecular complexity index is 528. The van der Waals surface area contributed by atoms with E-state index in [2.05, 4.69) is 25.9 Å². The van der Waals surface area contributed by atoms with Gasteiger partial charge in [0, 0.05) is 11.8 Å². The van der Waals surface area contributed by atoms with Gasteiger partial charge in [0.1, 0.15) is 0 Å². The quantitative estimate of drug-likeness (QED) is 0.824. The van der Waals surface area contributed by atoms with Crippen LogP contribution in [0.5, 0.6) is 0 Å². The van der Waals surface area contributed by atoms with E-state index < -0.39 is 17.5 Å². The first-order valence-electron chi connectivity index (χ1n) is 4.62. The highest BCUT2D eigenvalue weighted by Gasteiger charge is 2.09. The van der Waals surface area contributed by atoms with E-state index in [9.17, 15) is 13.6 Å². The van der Waals surface area contributed by atoms with E-state index in [4.69, 9.17) is 0 Å². The number of anilines is 1. The molecule has 0 fully saturated rings. The van der Waals surface area contributed by atoms with E-state index >= 15 is 0 Å². The summed E-state index contributed by atoms with van der Waals surface area (Å²) in [5.74, 6) is -2.23. The summed E-state index contributed by atoms with van der Waals surface area (Å²) in [6.07, 6.45) is -0.102. The Hall–Kier alpha value is -2.38. The molecule has 0 spiro atoms. The number of benzene rings is 1. The predicted octanol–water partition coefficient (Wildman–Crippen LogP) is 0.659. The molecule has 0 aliphatic rings. The third-order valence-corrected chi connectivity index (χ3v) is 1.91.